The number of primary amides is 1. The van der Waals surface area contributed by atoms with Crippen LogP contribution in [0.3, 0.4) is 0 Å². The number of piperazine rings is 1. The summed E-state index contributed by atoms with van der Waals surface area (Å²) in [7, 11) is -5.94. The van der Waals surface area contributed by atoms with Gasteiger partial charge in [-0.25, -0.2) is 8.78 Å². The number of benzene rings is 3. The minimum absolute atomic E-state index is 0.00759. The number of likely N-dealkylation sites (tertiary alicyclic amines) is 1. The van der Waals surface area contributed by atoms with Crippen LogP contribution in [-0.2, 0) is 55.6 Å². The number of anilines is 1. The van der Waals surface area contributed by atoms with Crippen LogP contribution in [0.2, 0.25) is 0 Å². The zero-order valence-electron chi connectivity index (χ0n) is 50.2. The fourth-order valence-electron chi connectivity index (χ4n) is 12.9. The summed E-state index contributed by atoms with van der Waals surface area (Å²) in [4.78, 5) is 164. The van der Waals surface area contributed by atoms with Crippen LogP contribution in [-0.4, -0.2) is 201 Å². The summed E-state index contributed by atoms with van der Waals surface area (Å²) in [5.41, 5.74) is 2.68. The molecule has 8 N–H and O–H groups in total. The molecule has 5 fully saturated rings. The molecule has 0 radical (unpaired) electrons. The molecule has 0 saturated carbocycles. The number of thiophene rings is 1. The summed E-state index contributed by atoms with van der Waals surface area (Å²) < 4.78 is 69.1. The first-order chi connectivity index (χ1) is 42.9. The summed E-state index contributed by atoms with van der Waals surface area (Å²) in [6.07, 6.45) is -2.99. The maximum atomic E-state index is 14.8. The summed E-state index contributed by atoms with van der Waals surface area (Å²) in [5.74, 6) is -6.81. The maximum Gasteiger partial charge on any atom is 0.399 e. The predicted octanol–water partition coefficient (Wildman–Crippen LogP) is 3.01. The Morgan fingerprint density at radius 3 is 2.14 bits per heavy atom. The van der Waals surface area contributed by atoms with Crippen LogP contribution in [0.1, 0.15) is 113 Å². The second kappa shape index (κ2) is 26.5. The highest BCUT2D eigenvalue weighted by Crippen LogP contribution is 2.59. The van der Waals surface area contributed by atoms with Gasteiger partial charge in [0.1, 0.15) is 30.2 Å². The monoisotopic (exact) mass is 1310 g/mol. The van der Waals surface area contributed by atoms with Crippen LogP contribution in [0.4, 0.5) is 23.2 Å². The van der Waals surface area contributed by atoms with Crippen molar-refractivity contribution in [1.29, 1.82) is 0 Å². The highest BCUT2D eigenvalue weighted by molar-refractivity contribution is 7.52. The maximum absolute atomic E-state index is 14.8. The average Bonchev–Trinajstić information content (AvgIpc) is 1.65. The topological polar surface area (TPSA) is 322 Å². The number of nitrogens with zero attached hydrogens (tertiary/aromatic N) is 6. The fraction of sp³-hybridized carbons (Fsp3) is 0.508. The molecule has 5 saturated heterocycles. The van der Waals surface area contributed by atoms with E-state index in [1.807, 2.05) is 24.3 Å². The van der Waals surface area contributed by atoms with Crippen molar-refractivity contribution in [3.05, 3.63) is 99.4 Å². The molecule has 1 aromatic heterocycles. The number of nitrogens with one attached hydrogen (secondary N) is 4. The number of hydrogen-bond donors (Lipinski definition) is 7. The quantitative estimate of drug-likeness (QED) is 0.0380. The molecule has 0 bridgehead atoms. The highest BCUT2D eigenvalue weighted by Gasteiger charge is 2.51. The Morgan fingerprint density at radius 1 is 0.791 bits per heavy atom. The Hall–Kier alpha value is -7.69. The lowest BCUT2D eigenvalue weighted by molar-refractivity contribution is -0.145. The van der Waals surface area contributed by atoms with Gasteiger partial charge in [-0.1, -0.05) is 51.1 Å². The van der Waals surface area contributed by atoms with E-state index in [1.54, 1.807) is 23.1 Å². The predicted molar refractivity (Wildman–Crippen MR) is 323 cm³/mol. The number of piperidine rings is 1. The highest BCUT2D eigenvalue weighted by atomic mass is 32.1. The van der Waals surface area contributed by atoms with Crippen LogP contribution in [0.15, 0.2) is 66.7 Å². The summed E-state index contributed by atoms with van der Waals surface area (Å²) in [6, 6.07) is 9.36. The van der Waals surface area contributed by atoms with Crippen LogP contribution in [0.5, 0.6) is 0 Å². The van der Waals surface area contributed by atoms with Crippen molar-refractivity contribution < 1.29 is 79.9 Å². The van der Waals surface area contributed by atoms with E-state index in [0.29, 0.717) is 45.8 Å². The van der Waals surface area contributed by atoms with E-state index in [-0.39, 0.29) is 95.3 Å². The van der Waals surface area contributed by atoms with Gasteiger partial charge in [-0.3, -0.25) is 72.5 Å². The number of rotatable bonds is 20. The van der Waals surface area contributed by atoms with Gasteiger partial charge in [-0.2, -0.15) is 8.78 Å². The van der Waals surface area contributed by atoms with E-state index < -0.39 is 134 Å². The van der Waals surface area contributed by atoms with E-state index >= 15 is 0 Å². The lowest BCUT2D eigenvalue weighted by atomic mass is 9.86. The van der Waals surface area contributed by atoms with Crippen molar-refractivity contribution >= 4 is 93.8 Å². The van der Waals surface area contributed by atoms with Gasteiger partial charge < -0.3 is 46.2 Å². The summed E-state index contributed by atoms with van der Waals surface area (Å²) in [6.45, 7) is 8.83. The first kappa shape index (κ1) is 66.2. The third-order valence-corrected chi connectivity index (χ3v) is 20.0. The third-order valence-electron chi connectivity index (χ3n) is 17.9. The van der Waals surface area contributed by atoms with Crippen molar-refractivity contribution in [2.45, 2.75) is 126 Å². The number of alkyl halides is 4. The summed E-state index contributed by atoms with van der Waals surface area (Å²) in [5, 5.41) is 10.4. The van der Waals surface area contributed by atoms with Crippen LogP contribution in [0, 0.1) is 5.92 Å². The van der Waals surface area contributed by atoms with E-state index in [9.17, 15) is 79.9 Å². The van der Waals surface area contributed by atoms with Gasteiger partial charge in [0.05, 0.1) is 22.5 Å². The molecule has 10 rings (SSSR count). The first-order valence-corrected chi connectivity index (χ1v) is 32.6. The molecular weight excluding hydrogens is 1230 g/mol. The molecule has 6 atom stereocenters. The lowest BCUT2D eigenvalue weighted by Crippen LogP contribution is -2.63. The minimum atomic E-state index is -5.94. The summed E-state index contributed by atoms with van der Waals surface area (Å²) >= 11 is 0.811. The van der Waals surface area contributed by atoms with E-state index in [1.165, 1.54) is 15.9 Å². The number of halogens is 4. The van der Waals surface area contributed by atoms with Gasteiger partial charge in [-0.05, 0) is 90.4 Å². The van der Waals surface area contributed by atoms with Crippen molar-refractivity contribution in [3.63, 3.8) is 0 Å². The number of imide groups is 2. The number of carbonyl (C=O) groups is 10. The number of fused-ring (bicyclic) bond motifs is 3. The second-order valence-electron chi connectivity index (χ2n) is 25.3. The van der Waals surface area contributed by atoms with E-state index in [0.717, 1.165) is 51.3 Å². The van der Waals surface area contributed by atoms with Gasteiger partial charge in [0.25, 0.3) is 24.1 Å². The van der Waals surface area contributed by atoms with Gasteiger partial charge in [0, 0.05) is 106 Å². The molecule has 91 heavy (non-hydrogen) atoms. The Bertz CT molecular complexity index is 3610. The van der Waals surface area contributed by atoms with Gasteiger partial charge in [0.2, 0.25) is 41.4 Å². The third kappa shape index (κ3) is 14.5. The van der Waals surface area contributed by atoms with Crippen molar-refractivity contribution in [2.24, 2.45) is 11.7 Å². The van der Waals surface area contributed by atoms with Gasteiger partial charge in [-0.15, -0.1) is 11.3 Å². The van der Waals surface area contributed by atoms with Crippen molar-refractivity contribution in [1.82, 2.24) is 45.8 Å². The SMILES string of the molecule is CC(C)(C)c1ccc(C[C@H](NC(=O)[C@H](CCC(N)=O)NC(=O)[C@@H]2CC[C@@H]3CCN(CC(F)F)C[C@H](NC(=O)c4cc5cc(C(F)(F)P(=O)(O)O)ccc5s4)C(=O)N32)C(=O)N2CC(CN3CCN(c4ccc5c(c4)C(=O)N(C4CCC(=O)NC4=O)C5=O)CC3)C2)cc1. The molecule has 0 spiro atoms. The largest absolute Gasteiger partial charge is 0.399 e. The Kier molecular flexibility index (Phi) is 19.3. The van der Waals surface area contributed by atoms with Crippen LogP contribution >= 0.6 is 18.9 Å². The van der Waals surface area contributed by atoms with E-state index in [4.69, 9.17) is 5.73 Å². The Labute approximate surface area is 524 Å². The number of hydrogen-bond acceptors (Lipinski definition) is 15. The molecule has 6 aliphatic rings. The van der Waals surface area contributed by atoms with Gasteiger partial charge in [0.15, 0.2) is 0 Å². The molecule has 3 aromatic carbocycles. The molecule has 488 valence electrons. The molecular formula is C61H72F4N11O13PS. The molecule has 30 heteroatoms. The van der Waals surface area contributed by atoms with Crippen molar-refractivity contribution in [3.8, 4) is 0 Å². The number of carbonyl (C=O) groups excluding carboxylic acids is 10. The zero-order chi connectivity index (χ0) is 65.6. The van der Waals surface area contributed by atoms with Gasteiger partial charge >= 0.3 is 13.3 Å². The fourth-order valence-corrected chi connectivity index (χ4v) is 14.3. The standard InChI is InChI=1S/C61H72F4N11O13PS/c1-60(2,3)36-6-4-33(5-7-36)24-43(58(85)74-29-34(30-74)28-71-20-22-73(23-21-71)39-9-11-40-41(27-39)57(84)76(56(40)83)46-14-17-51(78)70-54(46)81)68-52(79)42(12-16-50(66)77)67-53(80)45-13-10-38-18-19-72(32-49(62)63)31-44(59(86)75(38)45)69-55(82)48-26-35-25-37(8-15-47(35)91-48)61(64,65)90(87,88)89/h4-9,11,15,25-27,34,38,42-46,49H,10,12-14,16-24,28-32H2,1-3H3,(H2,66,77)(H,67,80)(H,68,79)(H,69,82)(H,70,78,81)(H2,87,88,89)/t38-,42+,43+,44+,45+,46?/m1/s1. The molecule has 6 aliphatic heterocycles. The minimum Gasteiger partial charge on any atom is -0.370 e. The number of nitrogens with two attached hydrogens (primary N) is 1. The van der Waals surface area contributed by atoms with E-state index in [2.05, 4.69) is 51.8 Å². The normalized spacial score (nSPS) is 22.1. The molecule has 7 heterocycles. The molecule has 1 unspecified atom stereocenters. The molecule has 24 nitrogen and oxygen atoms in total. The smallest absolute Gasteiger partial charge is 0.370 e. The van der Waals surface area contributed by atoms with Crippen molar-refractivity contribution in [2.75, 3.05) is 70.3 Å². The molecule has 10 amide bonds. The molecule has 0 aliphatic carbocycles. The van der Waals surface area contributed by atoms with Crippen LogP contribution < -0.4 is 31.9 Å². The molecule has 4 aromatic rings. The second-order valence-corrected chi connectivity index (χ2v) is 28.0. The average molecular weight is 1310 g/mol. The zero-order valence-corrected chi connectivity index (χ0v) is 51.9. The van der Waals surface area contributed by atoms with Crippen LogP contribution in [0.25, 0.3) is 10.1 Å². The number of amides is 10. The lowest BCUT2D eigenvalue weighted by Gasteiger charge is -2.45. The Morgan fingerprint density at radius 2 is 1.48 bits per heavy atom. The Balaban J connectivity index is 0.798. The first-order valence-electron chi connectivity index (χ1n) is 30.1.